The highest BCUT2D eigenvalue weighted by atomic mass is 16.5. The van der Waals surface area contributed by atoms with Gasteiger partial charge in [0.25, 0.3) is 0 Å². The SMILES string of the molecule is COc1ccc(CN2CCN(Cc3cc(=O)c4ccccc4o3)CC2)cc1. The maximum atomic E-state index is 12.2. The summed E-state index contributed by atoms with van der Waals surface area (Å²) in [6, 6.07) is 17.3. The van der Waals surface area contributed by atoms with Crippen LogP contribution in [0, 0.1) is 0 Å². The first-order chi connectivity index (χ1) is 13.2. The van der Waals surface area contributed by atoms with Crippen molar-refractivity contribution in [3.8, 4) is 5.75 Å². The largest absolute Gasteiger partial charge is 0.497 e. The molecule has 0 saturated carbocycles. The summed E-state index contributed by atoms with van der Waals surface area (Å²) in [5.74, 6) is 1.63. The van der Waals surface area contributed by atoms with E-state index in [1.54, 1.807) is 13.2 Å². The lowest BCUT2D eigenvalue weighted by Gasteiger charge is -2.34. The molecule has 0 N–H and O–H groups in total. The van der Waals surface area contributed by atoms with Crippen molar-refractivity contribution in [1.82, 2.24) is 9.80 Å². The number of ether oxygens (including phenoxy) is 1. The Morgan fingerprint density at radius 1 is 0.926 bits per heavy atom. The molecule has 1 aliphatic rings. The molecule has 1 aromatic heterocycles. The van der Waals surface area contributed by atoms with Crippen molar-refractivity contribution < 1.29 is 9.15 Å². The monoisotopic (exact) mass is 364 g/mol. The molecule has 2 aromatic carbocycles. The maximum absolute atomic E-state index is 12.2. The third kappa shape index (κ3) is 4.21. The van der Waals surface area contributed by atoms with E-state index < -0.39 is 0 Å². The topological polar surface area (TPSA) is 45.9 Å². The fourth-order valence-electron chi connectivity index (χ4n) is 3.55. The standard InChI is InChI=1S/C22H24N2O3/c1-26-18-8-6-17(7-9-18)15-23-10-12-24(13-11-23)16-19-14-21(25)20-4-2-3-5-22(20)27-19/h2-9,14H,10-13,15-16H2,1H3. The first-order valence-electron chi connectivity index (χ1n) is 9.31. The van der Waals surface area contributed by atoms with Crippen molar-refractivity contribution in [2.75, 3.05) is 33.3 Å². The number of nitrogens with zero attached hydrogens (tertiary/aromatic N) is 2. The van der Waals surface area contributed by atoms with Gasteiger partial charge in [-0.1, -0.05) is 24.3 Å². The van der Waals surface area contributed by atoms with Gasteiger partial charge >= 0.3 is 0 Å². The van der Waals surface area contributed by atoms with Crippen LogP contribution in [0.4, 0.5) is 0 Å². The third-order valence-electron chi connectivity index (χ3n) is 5.10. The molecule has 1 saturated heterocycles. The van der Waals surface area contributed by atoms with Crippen LogP contribution in [-0.4, -0.2) is 43.1 Å². The van der Waals surface area contributed by atoms with E-state index in [1.165, 1.54) is 5.56 Å². The van der Waals surface area contributed by atoms with Crippen molar-refractivity contribution in [3.05, 3.63) is 76.1 Å². The molecule has 5 heteroatoms. The van der Waals surface area contributed by atoms with E-state index in [4.69, 9.17) is 9.15 Å². The van der Waals surface area contributed by atoms with Gasteiger partial charge in [-0.25, -0.2) is 0 Å². The highest BCUT2D eigenvalue weighted by Gasteiger charge is 2.18. The summed E-state index contributed by atoms with van der Waals surface area (Å²) in [5, 5.41) is 0.644. The van der Waals surface area contributed by atoms with Gasteiger partial charge in [0.2, 0.25) is 0 Å². The molecule has 0 spiro atoms. The molecule has 27 heavy (non-hydrogen) atoms. The zero-order valence-corrected chi connectivity index (χ0v) is 15.6. The van der Waals surface area contributed by atoms with Crippen LogP contribution in [0.2, 0.25) is 0 Å². The van der Waals surface area contributed by atoms with Gasteiger partial charge in [-0.05, 0) is 29.8 Å². The van der Waals surface area contributed by atoms with Crippen LogP contribution in [0.3, 0.4) is 0 Å². The van der Waals surface area contributed by atoms with Gasteiger partial charge < -0.3 is 9.15 Å². The zero-order chi connectivity index (χ0) is 18.6. The van der Waals surface area contributed by atoms with E-state index in [0.717, 1.165) is 44.2 Å². The average molecular weight is 364 g/mol. The summed E-state index contributed by atoms with van der Waals surface area (Å²) < 4.78 is 11.1. The van der Waals surface area contributed by atoms with Gasteiger partial charge in [-0.15, -0.1) is 0 Å². The van der Waals surface area contributed by atoms with Gasteiger partial charge in [0.1, 0.15) is 17.1 Å². The van der Waals surface area contributed by atoms with Crippen LogP contribution in [0.25, 0.3) is 11.0 Å². The molecular formula is C22H24N2O3. The number of hydrogen-bond donors (Lipinski definition) is 0. The first kappa shape index (κ1) is 17.8. The number of piperazine rings is 1. The van der Waals surface area contributed by atoms with E-state index >= 15 is 0 Å². The quantitative estimate of drug-likeness (QED) is 0.696. The highest BCUT2D eigenvalue weighted by Crippen LogP contribution is 2.16. The maximum Gasteiger partial charge on any atom is 0.192 e. The van der Waals surface area contributed by atoms with Crippen molar-refractivity contribution in [2.45, 2.75) is 13.1 Å². The number of benzene rings is 2. The number of fused-ring (bicyclic) bond motifs is 1. The predicted octanol–water partition coefficient (Wildman–Crippen LogP) is 3.12. The minimum atomic E-state index is 0.0324. The minimum absolute atomic E-state index is 0.0324. The molecule has 5 nitrogen and oxygen atoms in total. The molecule has 0 radical (unpaired) electrons. The van der Waals surface area contributed by atoms with Gasteiger partial charge in [0.15, 0.2) is 5.43 Å². The molecule has 2 heterocycles. The van der Waals surface area contributed by atoms with Crippen molar-refractivity contribution in [2.24, 2.45) is 0 Å². The molecule has 3 aromatic rings. The van der Waals surface area contributed by atoms with E-state index in [-0.39, 0.29) is 5.43 Å². The molecule has 0 unspecified atom stereocenters. The Labute approximate surface area is 158 Å². The normalized spacial score (nSPS) is 15.9. The fraction of sp³-hybridized carbons (Fsp3) is 0.318. The van der Waals surface area contributed by atoms with Crippen LogP contribution in [0.1, 0.15) is 11.3 Å². The Hall–Kier alpha value is -2.63. The van der Waals surface area contributed by atoms with Gasteiger partial charge in [0.05, 0.1) is 19.0 Å². The van der Waals surface area contributed by atoms with Crippen LogP contribution < -0.4 is 10.2 Å². The molecule has 1 aliphatic heterocycles. The van der Waals surface area contributed by atoms with Crippen molar-refractivity contribution in [3.63, 3.8) is 0 Å². The molecule has 0 atom stereocenters. The van der Waals surface area contributed by atoms with E-state index in [0.29, 0.717) is 17.5 Å². The molecule has 0 bridgehead atoms. The molecule has 4 rings (SSSR count). The van der Waals surface area contributed by atoms with Gasteiger partial charge in [-0.3, -0.25) is 14.6 Å². The number of hydrogen-bond acceptors (Lipinski definition) is 5. The second kappa shape index (κ2) is 7.94. The predicted molar refractivity (Wildman–Crippen MR) is 106 cm³/mol. The van der Waals surface area contributed by atoms with Crippen LogP contribution >= 0.6 is 0 Å². The molecular weight excluding hydrogens is 340 g/mol. The van der Waals surface area contributed by atoms with Crippen LogP contribution in [-0.2, 0) is 13.1 Å². The van der Waals surface area contributed by atoms with E-state index in [2.05, 4.69) is 21.9 Å². The van der Waals surface area contributed by atoms with Crippen molar-refractivity contribution >= 4 is 11.0 Å². The lowest BCUT2D eigenvalue weighted by Crippen LogP contribution is -2.45. The molecule has 1 fully saturated rings. The average Bonchev–Trinajstić information content (AvgIpc) is 2.70. The number of methoxy groups -OCH3 is 1. The summed E-state index contributed by atoms with van der Waals surface area (Å²) in [7, 11) is 1.69. The van der Waals surface area contributed by atoms with E-state index in [1.807, 2.05) is 36.4 Å². The van der Waals surface area contributed by atoms with Crippen LogP contribution in [0.15, 0.2) is 63.8 Å². The highest BCUT2D eigenvalue weighted by molar-refractivity contribution is 5.76. The summed E-state index contributed by atoms with van der Waals surface area (Å²) in [6.45, 7) is 5.56. The molecule has 0 amide bonds. The summed E-state index contributed by atoms with van der Waals surface area (Å²) in [6.07, 6.45) is 0. The Balaban J connectivity index is 1.34. The summed E-state index contributed by atoms with van der Waals surface area (Å²) >= 11 is 0. The van der Waals surface area contributed by atoms with Gasteiger partial charge in [0, 0.05) is 38.8 Å². The lowest BCUT2D eigenvalue weighted by molar-refractivity contribution is 0.116. The Kier molecular flexibility index (Phi) is 5.23. The first-order valence-corrected chi connectivity index (χ1v) is 9.31. The van der Waals surface area contributed by atoms with Crippen molar-refractivity contribution in [1.29, 1.82) is 0 Å². The Morgan fingerprint density at radius 2 is 1.59 bits per heavy atom. The molecule has 140 valence electrons. The van der Waals surface area contributed by atoms with E-state index in [9.17, 15) is 4.79 Å². The Morgan fingerprint density at radius 3 is 2.30 bits per heavy atom. The second-order valence-corrected chi connectivity index (χ2v) is 6.97. The number of para-hydroxylation sites is 1. The second-order valence-electron chi connectivity index (χ2n) is 6.97. The minimum Gasteiger partial charge on any atom is -0.497 e. The molecule has 0 aliphatic carbocycles. The third-order valence-corrected chi connectivity index (χ3v) is 5.10. The number of rotatable bonds is 5. The lowest BCUT2D eigenvalue weighted by atomic mass is 10.2. The zero-order valence-electron chi connectivity index (χ0n) is 15.6. The van der Waals surface area contributed by atoms with Crippen LogP contribution in [0.5, 0.6) is 5.75 Å². The smallest absolute Gasteiger partial charge is 0.192 e. The summed E-state index contributed by atoms with van der Waals surface area (Å²) in [5.41, 5.74) is 1.99. The van der Waals surface area contributed by atoms with Gasteiger partial charge in [-0.2, -0.15) is 0 Å². The fourth-order valence-corrected chi connectivity index (χ4v) is 3.55. The summed E-state index contributed by atoms with van der Waals surface area (Å²) in [4.78, 5) is 17.0. The Bertz CT molecular complexity index is 957.